The topological polar surface area (TPSA) is 38.3 Å². The number of nitrogens with one attached hydrogen (secondary N) is 1. The van der Waals surface area contributed by atoms with Gasteiger partial charge in [0, 0.05) is 16.0 Å². The fourth-order valence-electron chi connectivity index (χ4n) is 1.86. The number of amides is 1. The first-order chi connectivity index (χ1) is 10.1. The summed E-state index contributed by atoms with van der Waals surface area (Å²) < 4.78 is 6.11. The quantitative estimate of drug-likeness (QED) is 0.848. The molecule has 2 aromatic carbocycles. The smallest absolute Gasteiger partial charge is 0.252 e. The Hall–Kier alpha value is -1.52. The van der Waals surface area contributed by atoms with E-state index in [0.717, 1.165) is 11.3 Å². The zero-order valence-corrected chi connectivity index (χ0v) is 13.9. The third kappa shape index (κ3) is 4.48. The van der Waals surface area contributed by atoms with Gasteiger partial charge in [0.25, 0.3) is 5.91 Å². The van der Waals surface area contributed by atoms with E-state index in [2.05, 4.69) is 21.2 Å². The monoisotopic (exact) mass is 367 g/mol. The average Bonchev–Trinajstić information content (AvgIpc) is 2.45. The molecular weight excluding hydrogens is 354 g/mol. The van der Waals surface area contributed by atoms with Gasteiger partial charge in [-0.3, -0.25) is 4.79 Å². The van der Waals surface area contributed by atoms with Gasteiger partial charge in [-0.2, -0.15) is 0 Å². The lowest BCUT2D eigenvalue weighted by atomic mass is 10.2. The Morgan fingerprint density at radius 2 is 2.10 bits per heavy atom. The van der Waals surface area contributed by atoms with Gasteiger partial charge >= 0.3 is 0 Å². The maximum atomic E-state index is 12.1. The Morgan fingerprint density at radius 3 is 2.81 bits per heavy atom. The molecular formula is C16H15BrClNO2. The minimum atomic E-state index is -0.152. The lowest BCUT2D eigenvalue weighted by Gasteiger charge is -2.09. The third-order valence-electron chi connectivity index (χ3n) is 2.84. The van der Waals surface area contributed by atoms with Crippen LogP contribution >= 0.6 is 27.5 Å². The van der Waals surface area contributed by atoms with Crippen molar-refractivity contribution < 1.29 is 9.53 Å². The van der Waals surface area contributed by atoms with E-state index in [-0.39, 0.29) is 5.91 Å². The first kappa shape index (κ1) is 15.9. The predicted molar refractivity (Wildman–Crippen MR) is 87.9 cm³/mol. The van der Waals surface area contributed by atoms with Crippen molar-refractivity contribution in [3.8, 4) is 5.75 Å². The minimum Gasteiger partial charge on any atom is -0.494 e. The number of carbonyl (C=O) groups is 1. The first-order valence-corrected chi connectivity index (χ1v) is 7.72. The second kappa shape index (κ2) is 7.48. The number of rotatable bonds is 5. The summed E-state index contributed by atoms with van der Waals surface area (Å²) in [7, 11) is 0. The van der Waals surface area contributed by atoms with Crippen LogP contribution in [0.3, 0.4) is 0 Å². The Morgan fingerprint density at radius 1 is 1.29 bits per heavy atom. The number of benzene rings is 2. The van der Waals surface area contributed by atoms with Crippen molar-refractivity contribution >= 4 is 33.4 Å². The maximum Gasteiger partial charge on any atom is 0.252 e. The Bertz CT molecular complexity index is 646. The predicted octanol–water partition coefficient (Wildman–Crippen LogP) is 4.43. The van der Waals surface area contributed by atoms with Gasteiger partial charge in [-0.05, 0) is 58.7 Å². The van der Waals surface area contributed by atoms with Crippen LogP contribution in [0.15, 0.2) is 46.9 Å². The summed E-state index contributed by atoms with van der Waals surface area (Å²) in [5.41, 5.74) is 1.54. The highest BCUT2D eigenvalue weighted by molar-refractivity contribution is 9.10. The van der Waals surface area contributed by atoms with Crippen molar-refractivity contribution in [3.05, 3.63) is 63.1 Å². The molecule has 0 saturated carbocycles. The van der Waals surface area contributed by atoms with Crippen molar-refractivity contribution in [2.24, 2.45) is 0 Å². The van der Waals surface area contributed by atoms with Gasteiger partial charge in [0.05, 0.1) is 12.2 Å². The summed E-state index contributed by atoms with van der Waals surface area (Å²) in [5, 5.41) is 3.46. The van der Waals surface area contributed by atoms with Crippen molar-refractivity contribution in [1.29, 1.82) is 0 Å². The Labute approximate surface area is 137 Å². The molecule has 0 atom stereocenters. The molecule has 0 aliphatic carbocycles. The first-order valence-electron chi connectivity index (χ1n) is 6.55. The van der Waals surface area contributed by atoms with Crippen LogP contribution in [-0.2, 0) is 6.54 Å². The van der Waals surface area contributed by atoms with E-state index in [9.17, 15) is 4.79 Å². The lowest BCUT2D eigenvalue weighted by molar-refractivity contribution is 0.0950. The molecule has 2 rings (SSSR count). The number of hydrogen-bond donors (Lipinski definition) is 1. The second-order valence-electron chi connectivity index (χ2n) is 4.39. The van der Waals surface area contributed by atoms with Crippen LogP contribution in [0.5, 0.6) is 5.75 Å². The zero-order valence-electron chi connectivity index (χ0n) is 11.5. The molecule has 0 aliphatic heterocycles. The van der Waals surface area contributed by atoms with Crippen molar-refractivity contribution in [1.82, 2.24) is 5.32 Å². The summed E-state index contributed by atoms with van der Waals surface area (Å²) in [4.78, 5) is 12.1. The highest BCUT2D eigenvalue weighted by Gasteiger charge is 2.10. The molecule has 1 amide bonds. The maximum absolute atomic E-state index is 12.1. The highest BCUT2D eigenvalue weighted by atomic mass is 79.9. The van der Waals surface area contributed by atoms with Gasteiger partial charge < -0.3 is 10.1 Å². The molecule has 0 heterocycles. The molecule has 0 unspecified atom stereocenters. The van der Waals surface area contributed by atoms with Gasteiger partial charge in [-0.15, -0.1) is 0 Å². The van der Waals surface area contributed by atoms with Crippen LogP contribution in [0.2, 0.25) is 5.02 Å². The highest BCUT2D eigenvalue weighted by Crippen LogP contribution is 2.21. The largest absolute Gasteiger partial charge is 0.494 e. The second-order valence-corrected chi connectivity index (χ2v) is 5.68. The van der Waals surface area contributed by atoms with Crippen LogP contribution in [0, 0.1) is 0 Å². The number of halogens is 2. The van der Waals surface area contributed by atoms with E-state index in [1.807, 2.05) is 31.2 Å². The van der Waals surface area contributed by atoms with E-state index < -0.39 is 0 Å². The van der Waals surface area contributed by atoms with Gasteiger partial charge in [-0.1, -0.05) is 23.7 Å². The summed E-state index contributed by atoms with van der Waals surface area (Å²) in [6, 6.07) is 12.7. The third-order valence-corrected chi connectivity index (χ3v) is 3.73. The van der Waals surface area contributed by atoms with E-state index in [0.29, 0.717) is 28.2 Å². The van der Waals surface area contributed by atoms with Gasteiger partial charge in [0.2, 0.25) is 0 Å². The molecule has 0 saturated heterocycles. The summed E-state index contributed by atoms with van der Waals surface area (Å²) in [5.74, 6) is 0.650. The number of hydrogen-bond acceptors (Lipinski definition) is 2. The molecule has 2 aromatic rings. The summed E-state index contributed by atoms with van der Waals surface area (Å²) in [6.45, 7) is 2.99. The molecule has 0 aliphatic rings. The van der Waals surface area contributed by atoms with Crippen molar-refractivity contribution in [3.63, 3.8) is 0 Å². The van der Waals surface area contributed by atoms with Crippen molar-refractivity contribution in [2.75, 3.05) is 6.61 Å². The molecule has 0 fully saturated rings. The molecule has 3 nitrogen and oxygen atoms in total. The Balaban J connectivity index is 2.02. The van der Waals surface area contributed by atoms with Crippen LogP contribution in [-0.4, -0.2) is 12.5 Å². The van der Waals surface area contributed by atoms with E-state index in [1.165, 1.54) is 0 Å². The molecule has 0 spiro atoms. The lowest BCUT2D eigenvalue weighted by Crippen LogP contribution is -2.23. The van der Waals surface area contributed by atoms with Crippen LogP contribution in [0.4, 0.5) is 0 Å². The molecule has 0 aromatic heterocycles. The molecule has 1 N–H and O–H groups in total. The Kier molecular flexibility index (Phi) is 5.65. The minimum absolute atomic E-state index is 0.152. The zero-order chi connectivity index (χ0) is 15.2. The molecule has 5 heteroatoms. The molecule has 0 radical (unpaired) electrons. The van der Waals surface area contributed by atoms with E-state index in [1.54, 1.807) is 18.2 Å². The fourth-order valence-corrected chi connectivity index (χ4v) is 2.73. The van der Waals surface area contributed by atoms with E-state index in [4.69, 9.17) is 16.3 Å². The standard InChI is InChI=1S/C16H15BrClNO2/c1-2-21-13-5-3-4-11(8-13)10-19-16(20)14-7-6-12(18)9-15(14)17/h3-9H,2,10H2,1H3,(H,19,20). The van der Waals surface area contributed by atoms with Crippen LogP contribution < -0.4 is 10.1 Å². The normalized spacial score (nSPS) is 10.2. The van der Waals surface area contributed by atoms with Gasteiger partial charge in [0.1, 0.15) is 5.75 Å². The van der Waals surface area contributed by atoms with E-state index >= 15 is 0 Å². The van der Waals surface area contributed by atoms with Gasteiger partial charge in [-0.25, -0.2) is 0 Å². The van der Waals surface area contributed by atoms with Crippen molar-refractivity contribution in [2.45, 2.75) is 13.5 Å². The number of ether oxygens (including phenoxy) is 1. The molecule has 110 valence electrons. The summed E-state index contributed by atoms with van der Waals surface area (Å²) in [6.07, 6.45) is 0. The fraction of sp³-hybridized carbons (Fsp3) is 0.188. The molecule has 0 bridgehead atoms. The molecule has 21 heavy (non-hydrogen) atoms. The SMILES string of the molecule is CCOc1cccc(CNC(=O)c2ccc(Cl)cc2Br)c1. The summed E-state index contributed by atoms with van der Waals surface area (Å²) >= 11 is 9.21. The van der Waals surface area contributed by atoms with Gasteiger partial charge in [0.15, 0.2) is 0 Å². The van der Waals surface area contributed by atoms with Crippen LogP contribution in [0.25, 0.3) is 0 Å². The number of carbonyl (C=O) groups excluding carboxylic acids is 1. The average molecular weight is 369 g/mol. The van der Waals surface area contributed by atoms with Crippen LogP contribution in [0.1, 0.15) is 22.8 Å².